The zero-order valence-electron chi connectivity index (χ0n) is 26.4. The van der Waals surface area contributed by atoms with Crippen LogP contribution in [0.1, 0.15) is 84.6 Å². The molecule has 1 amide bonds. The number of nitrogens with one attached hydrogen (secondary N) is 1. The van der Waals surface area contributed by atoms with E-state index >= 15 is 0 Å². The standard InChI is InChI=1S/C35H50Cl2N2O4/c1-22-21-35(4)25(20-31(22)41)7-10-27-28-11-12-32(34(28,3)14-13-29(27)35)43-33(42)30(38-23(2)40)19-24-5-8-26(9-6-24)39(17-15-36)18-16-37/h5-6,8-9,22,25,27-30,32H,7,10-21H2,1-4H3,(H,38,40)/t22-,25+,27-,28-,29-,30-,32-,34-,35-/m0/s1. The van der Waals surface area contributed by atoms with E-state index in [-0.39, 0.29) is 34.7 Å². The molecule has 8 heteroatoms. The average molecular weight is 634 g/mol. The van der Waals surface area contributed by atoms with Crippen molar-refractivity contribution in [2.45, 2.75) is 97.6 Å². The number of carbonyl (C=O) groups is 3. The first kappa shape index (κ1) is 32.6. The molecule has 5 rings (SSSR count). The molecule has 0 heterocycles. The number of esters is 1. The van der Waals surface area contributed by atoms with Gasteiger partial charge in [0.25, 0.3) is 0 Å². The van der Waals surface area contributed by atoms with Crippen LogP contribution in [-0.4, -0.2) is 54.7 Å². The monoisotopic (exact) mass is 632 g/mol. The summed E-state index contributed by atoms with van der Waals surface area (Å²) in [5.74, 6) is 3.40. The van der Waals surface area contributed by atoms with Crippen molar-refractivity contribution in [3.63, 3.8) is 0 Å². The summed E-state index contributed by atoms with van der Waals surface area (Å²) in [6.07, 6.45) is 8.50. The number of hydrogen-bond acceptors (Lipinski definition) is 5. The van der Waals surface area contributed by atoms with Gasteiger partial charge < -0.3 is 15.0 Å². The van der Waals surface area contributed by atoms with Gasteiger partial charge in [0.1, 0.15) is 17.9 Å². The highest BCUT2D eigenvalue weighted by Gasteiger charge is 2.61. The molecule has 4 saturated carbocycles. The van der Waals surface area contributed by atoms with Gasteiger partial charge in [-0.05, 0) is 91.7 Å². The largest absolute Gasteiger partial charge is 0.460 e. The minimum atomic E-state index is -0.736. The van der Waals surface area contributed by atoms with Crippen molar-refractivity contribution in [3.05, 3.63) is 29.8 Å². The number of halogens is 2. The maximum absolute atomic E-state index is 13.7. The van der Waals surface area contributed by atoms with Crippen LogP contribution in [0.2, 0.25) is 0 Å². The van der Waals surface area contributed by atoms with Crippen LogP contribution in [0.3, 0.4) is 0 Å². The molecule has 0 unspecified atom stereocenters. The van der Waals surface area contributed by atoms with E-state index in [4.69, 9.17) is 27.9 Å². The molecule has 4 aliphatic rings. The Hall–Kier alpha value is -1.79. The molecular weight excluding hydrogens is 583 g/mol. The van der Waals surface area contributed by atoms with Gasteiger partial charge >= 0.3 is 5.97 Å². The number of ether oxygens (including phenoxy) is 1. The summed E-state index contributed by atoms with van der Waals surface area (Å²) in [5.41, 5.74) is 2.18. The maximum atomic E-state index is 13.7. The Kier molecular flexibility index (Phi) is 10.1. The van der Waals surface area contributed by atoms with Gasteiger partial charge in [-0.2, -0.15) is 0 Å². The van der Waals surface area contributed by atoms with Crippen molar-refractivity contribution in [2.75, 3.05) is 29.7 Å². The van der Waals surface area contributed by atoms with E-state index in [0.717, 1.165) is 56.2 Å². The molecule has 9 atom stereocenters. The lowest BCUT2D eigenvalue weighted by Crippen LogP contribution is -2.55. The quantitative estimate of drug-likeness (QED) is 0.227. The highest BCUT2D eigenvalue weighted by atomic mass is 35.5. The van der Waals surface area contributed by atoms with E-state index in [2.05, 4.69) is 31.0 Å². The zero-order valence-corrected chi connectivity index (χ0v) is 27.9. The number of benzene rings is 1. The Labute approximate surface area is 268 Å². The van der Waals surface area contributed by atoms with Gasteiger partial charge in [-0.3, -0.25) is 9.59 Å². The summed E-state index contributed by atoms with van der Waals surface area (Å²) >= 11 is 12.0. The number of Topliss-reactive ketones (excluding diaryl/α,β-unsaturated/α-hetero) is 1. The normalized spacial score (nSPS) is 35.7. The fourth-order valence-electron chi connectivity index (χ4n) is 9.86. The first-order valence-corrected chi connectivity index (χ1v) is 17.5. The Bertz CT molecular complexity index is 1170. The lowest BCUT2D eigenvalue weighted by atomic mass is 9.44. The van der Waals surface area contributed by atoms with Crippen molar-refractivity contribution < 1.29 is 19.1 Å². The van der Waals surface area contributed by atoms with Gasteiger partial charge in [-0.15, -0.1) is 23.2 Å². The number of alkyl halides is 2. The van der Waals surface area contributed by atoms with E-state index in [1.54, 1.807) is 0 Å². The van der Waals surface area contributed by atoms with Crippen LogP contribution in [0.15, 0.2) is 24.3 Å². The highest BCUT2D eigenvalue weighted by molar-refractivity contribution is 6.18. The Morgan fingerprint density at radius 1 is 1.00 bits per heavy atom. The third kappa shape index (κ3) is 6.48. The molecule has 238 valence electrons. The van der Waals surface area contributed by atoms with Gasteiger partial charge in [-0.25, -0.2) is 4.79 Å². The van der Waals surface area contributed by atoms with E-state index in [0.29, 0.717) is 60.7 Å². The second-order valence-corrected chi connectivity index (χ2v) is 15.2. The molecule has 0 aromatic heterocycles. The van der Waals surface area contributed by atoms with Crippen LogP contribution in [0.25, 0.3) is 0 Å². The fourth-order valence-corrected chi connectivity index (χ4v) is 10.3. The molecule has 43 heavy (non-hydrogen) atoms. The molecule has 1 N–H and O–H groups in total. The van der Waals surface area contributed by atoms with E-state index in [1.165, 1.54) is 13.3 Å². The van der Waals surface area contributed by atoms with E-state index < -0.39 is 6.04 Å². The van der Waals surface area contributed by atoms with Crippen LogP contribution < -0.4 is 10.2 Å². The summed E-state index contributed by atoms with van der Waals surface area (Å²) in [4.78, 5) is 40.5. The third-order valence-corrected chi connectivity index (χ3v) is 12.4. The number of amides is 1. The van der Waals surface area contributed by atoms with Crippen molar-refractivity contribution in [2.24, 2.45) is 40.4 Å². The number of nitrogens with zero attached hydrogens (tertiary/aromatic N) is 1. The Morgan fingerprint density at radius 3 is 2.33 bits per heavy atom. The number of carbonyl (C=O) groups excluding carboxylic acids is 3. The topological polar surface area (TPSA) is 75.7 Å². The van der Waals surface area contributed by atoms with Crippen molar-refractivity contribution >= 4 is 46.5 Å². The summed E-state index contributed by atoms with van der Waals surface area (Å²) in [5, 5.41) is 2.87. The number of fused-ring (bicyclic) bond motifs is 5. The molecule has 4 aliphatic carbocycles. The minimum Gasteiger partial charge on any atom is -0.460 e. The van der Waals surface area contributed by atoms with Crippen LogP contribution in [-0.2, 0) is 25.5 Å². The lowest BCUT2D eigenvalue weighted by molar-refractivity contribution is -0.168. The van der Waals surface area contributed by atoms with Crippen LogP contribution in [0.4, 0.5) is 5.69 Å². The van der Waals surface area contributed by atoms with Gasteiger partial charge in [0.05, 0.1) is 0 Å². The second kappa shape index (κ2) is 13.3. The van der Waals surface area contributed by atoms with Crippen molar-refractivity contribution in [3.8, 4) is 0 Å². The summed E-state index contributed by atoms with van der Waals surface area (Å²) < 4.78 is 6.35. The molecule has 0 radical (unpaired) electrons. The first-order valence-electron chi connectivity index (χ1n) is 16.5. The van der Waals surface area contributed by atoms with Gasteiger partial charge in [0.15, 0.2) is 0 Å². The van der Waals surface area contributed by atoms with Crippen molar-refractivity contribution in [1.29, 1.82) is 0 Å². The predicted molar refractivity (Wildman–Crippen MR) is 173 cm³/mol. The number of rotatable bonds is 10. The summed E-state index contributed by atoms with van der Waals surface area (Å²) in [7, 11) is 0. The number of hydrogen-bond donors (Lipinski definition) is 1. The third-order valence-electron chi connectivity index (χ3n) is 12.1. The van der Waals surface area contributed by atoms with Crippen LogP contribution in [0.5, 0.6) is 0 Å². The van der Waals surface area contributed by atoms with Crippen LogP contribution >= 0.6 is 23.2 Å². The molecule has 0 saturated heterocycles. The lowest BCUT2D eigenvalue weighted by Gasteiger charge is -2.60. The smallest absolute Gasteiger partial charge is 0.329 e. The molecule has 1 aromatic carbocycles. The second-order valence-electron chi connectivity index (χ2n) is 14.5. The molecule has 0 spiro atoms. The summed E-state index contributed by atoms with van der Waals surface area (Å²) in [6, 6.07) is 7.29. The Morgan fingerprint density at radius 2 is 1.67 bits per heavy atom. The van der Waals surface area contributed by atoms with E-state index in [1.807, 2.05) is 24.3 Å². The molecule has 6 nitrogen and oxygen atoms in total. The minimum absolute atomic E-state index is 0.0488. The van der Waals surface area contributed by atoms with Crippen molar-refractivity contribution in [1.82, 2.24) is 5.32 Å². The van der Waals surface area contributed by atoms with Gasteiger partial charge in [-0.1, -0.05) is 32.9 Å². The molecular formula is C35H50Cl2N2O4. The first-order chi connectivity index (χ1) is 20.5. The number of ketones is 1. The summed E-state index contributed by atoms with van der Waals surface area (Å²) in [6.45, 7) is 9.81. The van der Waals surface area contributed by atoms with E-state index in [9.17, 15) is 14.4 Å². The molecule has 4 fully saturated rings. The number of anilines is 1. The Balaban J connectivity index is 1.26. The fraction of sp³-hybridized carbons (Fsp3) is 0.743. The molecule has 0 bridgehead atoms. The predicted octanol–water partition coefficient (Wildman–Crippen LogP) is 6.79. The van der Waals surface area contributed by atoms with Gasteiger partial charge in [0, 0.05) is 61.6 Å². The maximum Gasteiger partial charge on any atom is 0.329 e. The zero-order chi connectivity index (χ0) is 30.9. The van der Waals surface area contributed by atoms with Crippen LogP contribution in [0, 0.1) is 40.4 Å². The average Bonchev–Trinajstić information content (AvgIpc) is 3.29. The van der Waals surface area contributed by atoms with Gasteiger partial charge in [0.2, 0.25) is 5.91 Å². The molecule has 1 aromatic rings. The highest BCUT2D eigenvalue weighted by Crippen LogP contribution is 2.66. The molecule has 0 aliphatic heterocycles. The SMILES string of the molecule is CC(=O)N[C@@H](Cc1ccc(N(CCCl)CCCl)cc1)C(=O)O[C@H]1CC[C@H]2[C@@H]3CC[C@@H]4CC(=O)[C@@H](C)C[C@]4(C)[C@H]3CC[C@]12C.